The number of likely N-dealkylation sites (tertiary alicyclic amines) is 1. The van der Waals surface area contributed by atoms with Crippen LogP contribution in [0.5, 0.6) is 0 Å². The van der Waals surface area contributed by atoms with Crippen molar-refractivity contribution < 1.29 is 19.1 Å². The van der Waals surface area contributed by atoms with Gasteiger partial charge in [-0.1, -0.05) is 31.9 Å². The Morgan fingerprint density at radius 1 is 1.45 bits per heavy atom. The first kappa shape index (κ1) is 14.2. The molecule has 1 saturated carbocycles. The number of hydrogen-bond acceptors (Lipinski definition) is 4. The summed E-state index contributed by atoms with van der Waals surface area (Å²) in [4.78, 5) is 27.3. The van der Waals surface area contributed by atoms with Gasteiger partial charge in [-0.25, -0.2) is 0 Å². The van der Waals surface area contributed by atoms with E-state index in [9.17, 15) is 9.59 Å². The van der Waals surface area contributed by atoms with Gasteiger partial charge < -0.3 is 14.4 Å². The summed E-state index contributed by atoms with van der Waals surface area (Å²) >= 11 is 0. The molecule has 3 heterocycles. The molecule has 1 spiro atoms. The lowest BCUT2D eigenvalue weighted by Crippen LogP contribution is -2.41. The molecule has 5 heteroatoms. The zero-order chi connectivity index (χ0) is 15.3. The van der Waals surface area contributed by atoms with Crippen molar-refractivity contribution in [1.82, 2.24) is 4.90 Å². The summed E-state index contributed by atoms with van der Waals surface area (Å²) in [5.41, 5.74) is -0.583. The van der Waals surface area contributed by atoms with Gasteiger partial charge in [0.1, 0.15) is 11.5 Å². The number of esters is 1. The first-order chi connectivity index (χ1) is 10.7. The van der Waals surface area contributed by atoms with E-state index in [2.05, 4.69) is 0 Å². The van der Waals surface area contributed by atoms with Crippen LogP contribution in [0.1, 0.15) is 39.0 Å². The molecule has 1 aliphatic carbocycles. The van der Waals surface area contributed by atoms with E-state index in [1.54, 1.807) is 0 Å². The molecular weight excluding hydrogens is 282 g/mol. The largest absolute Gasteiger partial charge is 0.465 e. The fourth-order valence-corrected chi connectivity index (χ4v) is 4.62. The molecule has 2 bridgehead atoms. The second-order valence-electron chi connectivity index (χ2n) is 6.97. The van der Waals surface area contributed by atoms with Crippen LogP contribution in [0, 0.1) is 11.8 Å². The number of carbonyl (C=O) groups excluding carboxylic acids is 2. The van der Waals surface area contributed by atoms with Crippen LogP contribution in [0.4, 0.5) is 0 Å². The van der Waals surface area contributed by atoms with E-state index in [0.717, 1.165) is 19.3 Å². The van der Waals surface area contributed by atoms with Crippen LogP contribution >= 0.6 is 0 Å². The highest BCUT2D eigenvalue weighted by Gasteiger charge is 2.67. The standard InChI is InChI=1S/C17H23NO4/c1-2-9-21-16(20)13-12-7-8-17(22-12)10-18(15(19)14(13)17)11-5-3-4-6-11/h7-8,11-14H,2-6,9-10H2,1H3/t12-,13+,14-,17+/m1/s1. The van der Waals surface area contributed by atoms with Crippen LogP contribution in [0.3, 0.4) is 0 Å². The van der Waals surface area contributed by atoms with Crippen LogP contribution in [0.15, 0.2) is 12.2 Å². The fraction of sp³-hybridized carbons (Fsp3) is 0.765. The zero-order valence-electron chi connectivity index (χ0n) is 13.0. The van der Waals surface area contributed by atoms with Crippen molar-refractivity contribution in [1.29, 1.82) is 0 Å². The zero-order valence-corrected chi connectivity index (χ0v) is 13.0. The van der Waals surface area contributed by atoms with Crippen LogP contribution in [-0.4, -0.2) is 47.7 Å². The Morgan fingerprint density at radius 3 is 2.95 bits per heavy atom. The summed E-state index contributed by atoms with van der Waals surface area (Å²) < 4.78 is 11.4. The average molecular weight is 305 g/mol. The highest BCUT2D eigenvalue weighted by atomic mass is 16.6. The second kappa shape index (κ2) is 5.08. The van der Waals surface area contributed by atoms with Gasteiger partial charge >= 0.3 is 5.97 Å². The monoisotopic (exact) mass is 305 g/mol. The number of hydrogen-bond donors (Lipinski definition) is 0. The first-order valence-electron chi connectivity index (χ1n) is 8.50. The number of amides is 1. The maximum atomic E-state index is 13.0. The van der Waals surface area contributed by atoms with Gasteiger partial charge in [0.15, 0.2) is 0 Å². The predicted molar refractivity (Wildman–Crippen MR) is 78.9 cm³/mol. The lowest BCUT2D eigenvalue weighted by Gasteiger charge is -2.26. The van der Waals surface area contributed by atoms with Crippen molar-refractivity contribution in [2.24, 2.45) is 11.8 Å². The van der Waals surface area contributed by atoms with E-state index in [-0.39, 0.29) is 23.9 Å². The molecule has 22 heavy (non-hydrogen) atoms. The van der Waals surface area contributed by atoms with Crippen molar-refractivity contribution >= 4 is 11.9 Å². The molecule has 3 aliphatic heterocycles. The van der Waals surface area contributed by atoms with Crippen molar-refractivity contribution in [3.63, 3.8) is 0 Å². The van der Waals surface area contributed by atoms with Crippen LogP contribution in [0.2, 0.25) is 0 Å². The summed E-state index contributed by atoms with van der Waals surface area (Å²) in [5.74, 6) is -1.02. The smallest absolute Gasteiger partial charge is 0.312 e. The SMILES string of the molecule is CCCOC(=O)[C@H]1[C@H]2C=C[C@@]3(CN(C4CCCC4)C(=O)[C@@H]13)O2. The van der Waals surface area contributed by atoms with Gasteiger partial charge in [-0.2, -0.15) is 0 Å². The van der Waals surface area contributed by atoms with E-state index >= 15 is 0 Å². The fourth-order valence-electron chi connectivity index (χ4n) is 4.62. The highest BCUT2D eigenvalue weighted by Crippen LogP contribution is 2.53. The molecule has 120 valence electrons. The van der Waals surface area contributed by atoms with Gasteiger partial charge in [-0.15, -0.1) is 0 Å². The Kier molecular flexibility index (Phi) is 3.29. The molecule has 0 radical (unpaired) electrons. The molecule has 1 amide bonds. The third kappa shape index (κ3) is 1.87. The Morgan fingerprint density at radius 2 is 2.23 bits per heavy atom. The van der Waals surface area contributed by atoms with Crippen LogP contribution in [-0.2, 0) is 19.1 Å². The Balaban J connectivity index is 1.58. The second-order valence-corrected chi connectivity index (χ2v) is 6.97. The van der Waals surface area contributed by atoms with Gasteiger partial charge in [-0.05, 0) is 19.3 Å². The van der Waals surface area contributed by atoms with Gasteiger partial charge in [-0.3, -0.25) is 9.59 Å². The van der Waals surface area contributed by atoms with E-state index in [4.69, 9.17) is 9.47 Å². The van der Waals surface area contributed by atoms with E-state index in [0.29, 0.717) is 19.2 Å². The molecule has 2 saturated heterocycles. The lowest BCUT2D eigenvalue weighted by atomic mass is 9.77. The summed E-state index contributed by atoms with van der Waals surface area (Å²) in [7, 11) is 0. The van der Waals surface area contributed by atoms with E-state index in [1.807, 2.05) is 24.0 Å². The van der Waals surface area contributed by atoms with Gasteiger partial charge in [0, 0.05) is 6.04 Å². The van der Waals surface area contributed by atoms with E-state index in [1.165, 1.54) is 12.8 Å². The molecule has 0 unspecified atom stereocenters. The van der Waals surface area contributed by atoms with Crippen LogP contribution in [0.25, 0.3) is 0 Å². The van der Waals surface area contributed by atoms with Gasteiger partial charge in [0.05, 0.1) is 25.2 Å². The quantitative estimate of drug-likeness (QED) is 0.585. The molecule has 4 atom stereocenters. The molecule has 4 rings (SSSR count). The molecule has 5 nitrogen and oxygen atoms in total. The molecule has 0 aromatic heterocycles. The Hall–Kier alpha value is -1.36. The van der Waals surface area contributed by atoms with Gasteiger partial charge in [0.25, 0.3) is 0 Å². The average Bonchev–Trinajstić information content (AvgIpc) is 3.25. The van der Waals surface area contributed by atoms with Gasteiger partial charge in [0.2, 0.25) is 5.91 Å². The molecule has 4 aliphatic rings. The van der Waals surface area contributed by atoms with Crippen molar-refractivity contribution in [2.75, 3.05) is 13.2 Å². The minimum atomic E-state index is -0.583. The maximum Gasteiger partial charge on any atom is 0.312 e. The van der Waals surface area contributed by atoms with Crippen molar-refractivity contribution in [3.8, 4) is 0 Å². The molecule has 0 aromatic carbocycles. The minimum Gasteiger partial charge on any atom is -0.465 e. The highest BCUT2D eigenvalue weighted by molar-refractivity contribution is 5.91. The number of ether oxygens (including phenoxy) is 2. The Labute approximate surface area is 130 Å². The normalized spacial score (nSPS) is 39.8. The first-order valence-corrected chi connectivity index (χ1v) is 8.50. The molecular formula is C17H23NO4. The predicted octanol–water partition coefficient (Wildman–Crippen LogP) is 1.66. The van der Waals surface area contributed by atoms with Crippen molar-refractivity contribution in [3.05, 3.63) is 12.2 Å². The molecule has 0 N–H and O–H groups in total. The maximum absolute atomic E-state index is 13.0. The van der Waals surface area contributed by atoms with Crippen LogP contribution < -0.4 is 0 Å². The number of nitrogens with zero attached hydrogens (tertiary/aromatic N) is 1. The summed E-state index contributed by atoms with van der Waals surface area (Å²) in [6.45, 7) is 2.98. The molecule has 0 aromatic rings. The van der Waals surface area contributed by atoms with E-state index < -0.39 is 11.5 Å². The summed E-state index contributed by atoms with van der Waals surface area (Å²) in [6.07, 6.45) is 8.99. The molecule has 3 fully saturated rings. The summed E-state index contributed by atoms with van der Waals surface area (Å²) in [6, 6.07) is 0.329. The van der Waals surface area contributed by atoms with Crippen molar-refractivity contribution in [2.45, 2.75) is 56.8 Å². The number of fused-ring (bicyclic) bond motifs is 1. The minimum absolute atomic E-state index is 0.0946. The Bertz CT molecular complexity index is 525. The number of rotatable bonds is 4. The third-order valence-corrected chi connectivity index (χ3v) is 5.62. The lowest BCUT2D eigenvalue weighted by molar-refractivity contribution is -0.154. The third-order valence-electron chi connectivity index (χ3n) is 5.62. The number of carbonyl (C=O) groups is 2. The topological polar surface area (TPSA) is 55.8 Å². The summed E-state index contributed by atoms with van der Waals surface area (Å²) in [5, 5.41) is 0.